The van der Waals surface area contributed by atoms with Gasteiger partial charge in [0.15, 0.2) is 5.78 Å². The van der Waals surface area contributed by atoms with E-state index in [4.69, 9.17) is 0 Å². The molecular formula is C17H21NOS. The largest absolute Gasteiger partial charge is 0.316 e. The summed E-state index contributed by atoms with van der Waals surface area (Å²) >= 11 is 1.64. The number of benzene rings is 1. The van der Waals surface area contributed by atoms with Crippen molar-refractivity contribution in [3.05, 3.63) is 35.2 Å². The van der Waals surface area contributed by atoms with Crippen LogP contribution in [0.5, 0.6) is 0 Å². The zero-order valence-electron chi connectivity index (χ0n) is 12.1. The Morgan fingerprint density at radius 3 is 2.85 bits per heavy atom. The highest BCUT2D eigenvalue weighted by Gasteiger charge is 2.42. The predicted molar refractivity (Wildman–Crippen MR) is 85.5 cm³/mol. The van der Waals surface area contributed by atoms with Crippen molar-refractivity contribution in [1.82, 2.24) is 5.32 Å². The van der Waals surface area contributed by atoms with Gasteiger partial charge in [-0.15, -0.1) is 11.3 Å². The summed E-state index contributed by atoms with van der Waals surface area (Å²) in [5.41, 5.74) is -0.185. The number of Topliss-reactive ketones (excluding diaryl/α,β-unsaturated/α-hetero) is 1. The highest BCUT2D eigenvalue weighted by molar-refractivity contribution is 7.20. The SMILES string of the molecule is CC(C)CC1(C(=O)c2cc3ccccc3s2)CCNC1. The molecule has 2 aromatic rings. The van der Waals surface area contributed by atoms with Crippen molar-refractivity contribution in [2.75, 3.05) is 13.1 Å². The molecule has 1 aromatic carbocycles. The van der Waals surface area contributed by atoms with Gasteiger partial charge in [-0.25, -0.2) is 0 Å². The lowest BCUT2D eigenvalue weighted by Gasteiger charge is -2.28. The standard InChI is InChI=1S/C17H21NOS/c1-12(2)10-17(7-8-18-11-17)16(19)15-9-13-5-3-4-6-14(13)20-15/h3-6,9,12,18H,7-8,10-11H2,1-2H3. The molecule has 0 saturated carbocycles. The molecule has 1 aromatic heterocycles. The van der Waals surface area contributed by atoms with Gasteiger partial charge in [-0.2, -0.15) is 0 Å². The maximum Gasteiger partial charge on any atom is 0.180 e. The number of carbonyl (C=O) groups is 1. The zero-order chi connectivity index (χ0) is 14.2. The number of hydrogen-bond acceptors (Lipinski definition) is 3. The summed E-state index contributed by atoms with van der Waals surface area (Å²) in [6.07, 6.45) is 1.95. The molecule has 0 aliphatic carbocycles. The minimum absolute atomic E-state index is 0.185. The fourth-order valence-electron chi connectivity index (χ4n) is 3.34. The Morgan fingerprint density at radius 2 is 2.20 bits per heavy atom. The van der Waals surface area contributed by atoms with E-state index in [1.165, 1.54) is 10.1 Å². The normalized spacial score (nSPS) is 22.8. The Balaban J connectivity index is 1.96. The van der Waals surface area contributed by atoms with Crippen LogP contribution >= 0.6 is 11.3 Å². The van der Waals surface area contributed by atoms with E-state index >= 15 is 0 Å². The van der Waals surface area contributed by atoms with Crippen LogP contribution in [-0.2, 0) is 0 Å². The molecule has 0 amide bonds. The van der Waals surface area contributed by atoms with Crippen LogP contribution < -0.4 is 5.32 Å². The third kappa shape index (κ3) is 2.40. The van der Waals surface area contributed by atoms with Crippen LogP contribution in [0.2, 0.25) is 0 Å². The number of fused-ring (bicyclic) bond motifs is 1. The van der Waals surface area contributed by atoms with Crippen molar-refractivity contribution in [3.63, 3.8) is 0 Å². The third-order valence-corrected chi connectivity index (χ3v) is 5.29. The lowest BCUT2D eigenvalue weighted by molar-refractivity contribution is 0.0787. The summed E-state index contributed by atoms with van der Waals surface area (Å²) in [6, 6.07) is 10.3. The van der Waals surface area contributed by atoms with Crippen LogP contribution in [0.4, 0.5) is 0 Å². The fraction of sp³-hybridized carbons (Fsp3) is 0.471. The van der Waals surface area contributed by atoms with Crippen LogP contribution in [0.25, 0.3) is 10.1 Å². The summed E-state index contributed by atoms with van der Waals surface area (Å²) in [7, 11) is 0. The monoisotopic (exact) mass is 287 g/mol. The predicted octanol–water partition coefficient (Wildman–Crippen LogP) is 4.11. The first-order valence-electron chi connectivity index (χ1n) is 7.35. The summed E-state index contributed by atoms with van der Waals surface area (Å²) in [6.45, 7) is 6.21. The molecule has 1 aliphatic heterocycles. The minimum Gasteiger partial charge on any atom is -0.316 e. The topological polar surface area (TPSA) is 29.1 Å². The second kappa shape index (κ2) is 5.30. The van der Waals surface area contributed by atoms with Gasteiger partial charge in [0.05, 0.1) is 4.88 Å². The number of thiophene rings is 1. The van der Waals surface area contributed by atoms with E-state index in [2.05, 4.69) is 37.4 Å². The zero-order valence-corrected chi connectivity index (χ0v) is 12.9. The highest BCUT2D eigenvalue weighted by atomic mass is 32.1. The quantitative estimate of drug-likeness (QED) is 0.857. The van der Waals surface area contributed by atoms with Crippen molar-refractivity contribution >= 4 is 27.2 Å². The molecule has 0 spiro atoms. The molecule has 1 aliphatic rings. The first-order valence-corrected chi connectivity index (χ1v) is 8.16. The number of ketones is 1. The first-order chi connectivity index (χ1) is 9.61. The fourth-order valence-corrected chi connectivity index (χ4v) is 4.46. The first kappa shape index (κ1) is 13.8. The van der Waals surface area contributed by atoms with Crippen LogP contribution in [0, 0.1) is 11.3 Å². The Morgan fingerprint density at radius 1 is 1.40 bits per heavy atom. The molecule has 1 fully saturated rings. The summed E-state index contributed by atoms with van der Waals surface area (Å²) in [5, 5.41) is 4.57. The molecule has 2 nitrogen and oxygen atoms in total. The van der Waals surface area contributed by atoms with Crippen molar-refractivity contribution in [3.8, 4) is 0 Å². The van der Waals surface area contributed by atoms with Gasteiger partial charge in [0, 0.05) is 16.7 Å². The average molecular weight is 287 g/mol. The minimum atomic E-state index is -0.185. The van der Waals surface area contributed by atoms with E-state index in [0.29, 0.717) is 11.7 Å². The van der Waals surface area contributed by atoms with Gasteiger partial charge in [0.2, 0.25) is 0 Å². The number of hydrogen-bond donors (Lipinski definition) is 1. The molecule has 1 N–H and O–H groups in total. The molecule has 1 unspecified atom stereocenters. The van der Waals surface area contributed by atoms with Gasteiger partial charge in [-0.05, 0) is 42.8 Å². The Labute approximate surface area is 124 Å². The van der Waals surface area contributed by atoms with Crippen molar-refractivity contribution in [2.24, 2.45) is 11.3 Å². The van der Waals surface area contributed by atoms with Crippen molar-refractivity contribution in [2.45, 2.75) is 26.7 Å². The molecule has 1 atom stereocenters. The van der Waals surface area contributed by atoms with Crippen molar-refractivity contribution in [1.29, 1.82) is 0 Å². The molecule has 2 heterocycles. The van der Waals surface area contributed by atoms with Crippen LogP contribution in [0.15, 0.2) is 30.3 Å². The average Bonchev–Trinajstić information content (AvgIpc) is 3.03. The Kier molecular flexibility index (Phi) is 3.65. The Bertz CT molecular complexity index is 590. The summed E-state index contributed by atoms with van der Waals surface area (Å²) in [4.78, 5) is 14.0. The molecule has 106 valence electrons. The van der Waals surface area contributed by atoms with E-state index in [9.17, 15) is 4.79 Å². The smallest absolute Gasteiger partial charge is 0.180 e. The number of carbonyl (C=O) groups excluding carboxylic acids is 1. The van der Waals surface area contributed by atoms with Crippen LogP contribution in [0.3, 0.4) is 0 Å². The molecular weight excluding hydrogens is 266 g/mol. The summed E-state index contributed by atoms with van der Waals surface area (Å²) < 4.78 is 1.21. The molecule has 3 rings (SSSR count). The van der Waals surface area contributed by atoms with Crippen LogP contribution in [0.1, 0.15) is 36.4 Å². The van der Waals surface area contributed by atoms with E-state index in [1.54, 1.807) is 11.3 Å². The number of rotatable bonds is 4. The molecule has 0 radical (unpaired) electrons. The second-order valence-corrected chi connectivity index (χ2v) is 7.37. The molecule has 0 bridgehead atoms. The molecule has 1 saturated heterocycles. The van der Waals surface area contributed by atoms with Crippen LogP contribution in [-0.4, -0.2) is 18.9 Å². The maximum atomic E-state index is 13.0. The van der Waals surface area contributed by atoms with Gasteiger partial charge in [-0.3, -0.25) is 4.79 Å². The third-order valence-electron chi connectivity index (χ3n) is 4.17. The highest BCUT2D eigenvalue weighted by Crippen LogP contribution is 2.39. The molecule has 20 heavy (non-hydrogen) atoms. The van der Waals surface area contributed by atoms with Gasteiger partial charge in [0.1, 0.15) is 0 Å². The lowest BCUT2D eigenvalue weighted by Crippen LogP contribution is -2.34. The van der Waals surface area contributed by atoms with Gasteiger partial charge in [-0.1, -0.05) is 32.0 Å². The van der Waals surface area contributed by atoms with Crippen molar-refractivity contribution < 1.29 is 4.79 Å². The van der Waals surface area contributed by atoms with Gasteiger partial charge >= 0.3 is 0 Å². The van der Waals surface area contributed by atoms with E-state index < -0.39 is 0 Å². The maximum absolute atomic E-state index is 13.0. The van der Waals surface area contributed by atoms with Gasteiger partial charge in [0.25, 0.3) is 0 Å². The Hall–Kier alpha value is -1.19. The molecule has 3 heteroatoms. The van der Waals surface area contributed by atoms with E-state index in [-0.39, 0.29) is 5.41 Å². The van der Waals surface area contributed by atoms with E-state index in [1.807, 2.05) is 12.1 Å². The second-order valence-electron chi connectivity index (χ2n) is 6.28. The van der Waals surface area contributed by atoms with Gasteiger partial charge < -0.3 is 5.32 Å². The summed E-state index contributed by atoms with van der Waals surface area (Å²) in [5.74, 6) is 0.894. The number of nitrogens with one attached hydrogen (secondary N) is 1. The van der Waals surface area contributed by atoms with E-state index in [0.717, 1.165) is 30.8 Å². The lowest BCUT2D eigenvalue weighted by atomic mass is 9.75.